The molecule has 0 radical (unpaired) electrons. The highest BCUT2D eigenvalue weighted by atomic mass is 32.2. The van der Waals surface area contributed by atoms with Crippen molar-refractivity contribution in [2.75, 3.05) is 10.5 Å². The van der Waals surface area contributed by atoms with Gasteiger partial charge in [0, 0.05) is 0 Å². The van der Waals surface area contributed by atoms with Crippen molar-refractivity contribution in [2.45, 2.75) is 27.2 Å². The van der Waals surface area contributed by atoms with Crippen LogP contribution in [0, 0.1) is 10.8 Å². The molecule has 1 heterocycles. The highest BCUT2D eigenvalue weighted by Gasteiger charge is 2.19. The molecule has 8 heteroatoms. The minimum absolute atomic E-state index is 0.00681. The van der Waals surface area contributed by atoms with Gasteiger partial charge in [0.05, 0.1) is 17.5 Å². The van der Waals surface area contributed by atoms with Gasteiger partial charge in [-0.1, -0.05) is 20.8 Å². The molecule has 1 rings (SSSR count). The molecule has 0 atom stereocenters. The number of nitrogen functional groups attached to an aromatic ring is 1. The molecule has 1 aromatic heterocycles. The number of anilines is 1. The number of nitrogens with two attached hydrogens (primary N) is 1. The van der Waals surface area contributed by atoms with Gasteiger partial charge in [0.1, 0.15) is 11.7 Å². The number of hydrogen-bond acceptors (Lipinski definition) is 4. The van der Waals surface area contributed by atoms with Crippen molar-refractivity contribution in [2.24, 2.45) is 11.1 Å². The largest absolute Gasteiger partial charge is 0.384 e. The molecule has 0 unspecified atom stereocenters. The van der Waals surface area contributed by atoms with Gasteiger partial charge >= 0.3 is 0 Å². The SMILES string of the molecule is CC(C)(C)CCS(=O)(=O)Nc1[nH]ncc1C(=N)N. The third-order valence-electron chi connectivity index (χ3n) is 2.31. The Hall–Kier alpha value is -1.57. The summed E-state index contributed by atoms with van der Waals surface area (Å²) in [4.78, 5) is 0. The summed E-state index contributed by atoms with van der Waals surface area (Å²) in [5.41, 5.74) is 5.49. The number of sulfonamides is 1. The zero-order valence-electron chi connectivity index (χ0n) is 10.7. The number of aromatic nitrogens is 2. The zero-order chi connectivity index (χ0) is 14.0. The van der Waals surface area contributed by atoms with Crippen molar-refractivity contribution in [3.63, 3.8) is 0 Å². The fourth-order valence-corrected chi connectivity index (χ4v) is 2.67. The topological polar surface area (TPSA) is 125 Å². The van der Waals surface area contributed by atoms with Gasteiger partial charge in [-0.25, -0.2) is 8.42 Å². The molecule has 102 valence electrons. The van der Waals surface area contributed by atoms with Gasteiger partial charge < -0.3 is 5.73 Å². The Kier molecular flexibility index (Phi) is 4.00. The molecule has 5 N–H and O–H groups in total. The van der Waals surface area contributed by atoms with Gasteiger partial charge in [-0.15, -0.1) is 0 Å². The molecule has 0 aliphatic heterocycles. The number of amidine groups is 1. The lowest BCUT2D eigenvalue weighted by atomic mass is 9.94. The minimum atomic E-state index is -3.47. The van der Waals surface area contributed by atoms with Crippen LogP contribution in [-0.2, 0) is 10.0 Å². The van der Waals surface area contributed by atoms with Crippen LogP contribution in [0.1, 0.15) is 32.8 Å². The summed E-state index contributed by atoms with van der Waals surface area (Å²) < 4.78 is 26.1. The van der Waals surface area contributed by atoms with E-state index >= 15 is 0 Å². The summed E-state index contributed by atoms with van der Waals surface area (Å²) in [6.45, 7) is 5.92. The van der Waals surface area contributed by atoms with Gasteiger partial charge in [0.25, 0.3) is 0 Å². The van der Waals surface area contributed by atoms with Crippen molar-refractivity contribution >= 4 is 21.7 Å². The van der Waals surface area contributed by atoms with Crippen molar-refractivity contribution in [1.29, 1.82) is 5.41 Å². The molecule has 18 heavy (non-hydrogen) atoms. The van der Waals surface area contributed by atoms with E-state index in [4.69, 9.17) is 11.1 Å². The Labute approximate surface area is 107 Å². The third kappa shape index (κ3) is 4.36. The van der Waals surface area contributed by atoms with Gasteiger partial charge in [0.2, 0.25) is 10.0 Å². The van der Waals surface area contributed by atoms with Gasteiger partial charge in [0.15, 0.2) is 0 Å². The van der Waals surface area contributed by atoms with E-state index in [1.165, 1.54) is 6.20 Å². The first kappa shape index (κ1) is 14.5. The highest BCUT2D eigenvalue weighted by molar-refractivity contribution is 7.92. The van der Waals surface area contributed by atoms with E-state index in [1.54, 1.807) is 0 Å². The Balaban J connectivity index is 2.77. The van der Waals surface area contributed by atoms with Crippen LogP contribution >= 0.6 is 0 Å². The smallest absolute Gasteiger partial charge is 0.233 e. The number of nitrogens with zero attached hydrogens (tertiary/aromatic N) is 1. The van der Waals surface area contributed by atoms with E-state index in [2.05, 4.69) is 14.9 Å². The normalized spacial score (nSPS) is 12.4. The molecule has 0 aliphatic rings. The molecule has 1 aromatic rings. The van der Waals surface area contributed by atoms with Crippen molar-refractivity contribution < 1.29 is 8.42 Å². The highest BCUT2D eigenvalue weighted by Crippen LogP contribution is 2.20. The van der Waals surface area contributed by atoms with E-state index < -0.39 is 10.0 Å². The van der Waals surface area contributed by atoms with E-state index in [0.717, 1.165) is 0 Å². The van der Waals surface area contributed by atoms with E-state index in [0.29, 0.717) is 6.42 Å². The van der Waals surface area contributed by atoms with Gasteiger partial charge in [-0.3, -0.25) is 15.2 Å². The third-order valence-corrected chi connectivity index (χ3v) is 3.56. The Morgan fingerprint density at radius 1 is 1.56 bits per heavy atom. The molecule has 0 bridgehead atoms. The Morgan fingerprint density at radius 3 is 2.67 bits per heavy atom. The standard InChI is InChI=1S/C10H19N5O2S/c1-10(2,3)4-5-18(16,17)15-9-7(8(11)12)6-13-14-9/h6H,4-5H2,1-3H3,(H3,11,12)(H2,13,14,15). The molecular formula is C10H19N5O2S. The average Bonchev–Trinajstić information content (AvgIpc) is 2.61. The number of nitrogens with one attached hydrogen (secondary N) is 3. The molecule has 0 amide bonds. The molecule has 0 saturated heterocycles. The first-order valence-corrected chi connectivity index (χ1v) is 7.14. The maximum atomic E-state index is 11.8. The summed E-state index contributed by atoms with van der Waals surface area (Å²) in [6, 6.07) is 0. The summed E-state index contributed by atoms with van der Waals surface area (Å²) in [5, 5.41) is 13.4. The van der Waals surface area contributed by atoms with Gasteiger partial charge in [-0.05, 0) is 11.8 Å². The molecule has 7 nitrogen and oxygen atoms in total. The fourth-order valence-electron chi connectivity index (χ4n) is 1.22. The molecular weight excluding hydrogens is 254 g/mol. The maximum Gasteiger partial charge on any atom is 0.233 e. The molecule has 0 fully saturated rings. The minimum Gasteiger partial charge on any atom is -0.384 e. The van der Waals surface area contributed by atoms with Crippen LogP contribution in [0.2, 0.25) is 0 Å². The first-order chi connectivity index (χ1) is 8.11. The summed E-state index contributed by atoms with van der Waals surface area (Å²) in [5.74, 6) is -0.0963. The van der Waals surface area contributed by atoms with Crippen molar-refractivity contribution in [1.82, 2.24) is 10.2 Å². The maximum absolute atomic E-state index is 11.8. The summed E-state index contributed by atoms with van der Waals surface area (Å²) >= 11 is 0. The molecule has 0 aliphatic carbocycles. The quantitative estimate of drug-likeness (QED) is 0.469. The molecule has 0 aromatic carbocycles. The van der Waals surface area contributed by atoms with Gasteiger partial charge in [-0.2, -0.15) is 5.10 Å². The predicted octanol–water partition coefficient (Wildman–Crippen LogP) is 0.872. The van der Waals surface area contributed by atoms with Crippen LogP contribution in [0.15, 0.2) is 6.20 Å². The van der Waals surface area contributed by atoms with Crippen LogP contribution in [0.25, 0.3) is 0 Å². The van der Waals surface area contributed by atoms with E-state index in [1.807, 2.05) is 20.8 Å². The second-order valence-corrected chi connectivity index (χ2v) is 7.15. The monoisotopic (exact) mass is 273 g/mol. The molecule has 0 spiro atoms. The average molecular weight is 273 g/mol. The summed E-state index contributed by atoms with van der Waals surface area (Å²) in [7, 11) is -3.47. The van der Waals surface area contributed by atoms with Crippen molar-refractivity contribution in [3.05, 3.63) is 11.8 Å². The molecule has 0 saturated carbocycles. The van der Waals surface area contributed by atoms with Crippen LogP contribution in [0.4, 0.5) is 5.82 Å². The van der Waals surface area contributed by atoms with E-state index in [9.17, 15) is 8.42 Å². The number of aromatic amines is 1. The second kappa shape index (κ2) is 4.97. The fraction of sp³-hybridized carbons (Fsp3) is 0.600. The first-order valence-electron chi connectivity index (χ1n) is 5.49. The number of H-pyrrole nitrogens is 1. The zero-order valence-corrected chi connectivity index (χ0v) is 11.6. The number of rotatable bonds is 5. The van der Waals surface area contributed by atoms with Crippen LogP contribution in [0.3, 0.4) is 0 Å². The Bertz CT molecular complexity index is 527. The van der Waals surface area contributed by atoms with Crippen LogP contribution < -0.4 is 10.5 Å². The second-order valence-electron chi connectivity index (χ2n) is 5.30. The number of hydrogen-bond donors (Lipinski definition) is 4. The lowest BCUT2D eigenvalue weighted by Gasteiger charge is -2.18. The lowest BCUT2D eigenvalue weighted by molar-refractivity contribution is 0.397. The summed E-state index contributed by atoms with van der Waals surface area (Å²) in [6.07, 6.45) is 1.84. The van der Waals surface area contributed by atoms with Crippen LogP contribution in [-0.4, -0.2) is 30.2 Å². The lowest BCUT2D eigenvalue weighted by Crippen LogP contribution is -2.23. The van der Waals surface area contributed by atoms with E-state index in [-0.39, 0.29) is 28.4 Å². The predicted molar refractivity (Wildman–Crippen MR) is 71.1 cm³/mol. The van der Waals surface area contributed by atoms with Crippen LogP contribution in [0.5, 0.6) is 0 Å². The Morgan fingerprint density at radius 2 is 2.17 bits per heavy atom. The van der Waals surface area contributed by atoms with Crippen molar-refractivity contribution in [3.8, 4) is 0 Å².